The number of rotatable bonds is 3. The van der Waals surface area contributed by atoms with E-state index in [1.165, 1.54) is 5.69 Å². The third-order valence-electron chi connectivity index (χ3n) is 4.26. The van der Waals surface area contributed by atoms with Crippen LogP contribution in [0.25, 0.3) is 0 Å². The van der Waals surface area contributed by atoms with Gasteiger partial charge in [0.15, 0.2) is 0 Å². The first kappa shape index (κ1) is 15.8. The number of para-hydroxylation sites is 1. The molecule has 4 nitrogen and oxygen atoms in total. The molecule has 1 heterocycles. The van der Waals surface area contributed by atoms with E-state index in [9.17, 15) is 4.79 Å². The molecule has 1 fully saturated rings. The molecule has 1 aliphatic heterocycles. The standard InChI is InChI=1S/C17H27N3O/c1-17(2,3)15(18)13-16(21)20-11-9-19(10-12-20)14-7-5-4-6-8-14/h4-8,15H,9-13,18H2,1-3H3. The van der Waals surface area contributed by atoms with E-state index in [-0.39, 0.29) is 17.4 Å². The van der Waals surface area contributed by atoms with Crippen LogP contribution in [0.4, 0.5) is 5.69 Å². The minimum absolute atomic E-state index is 0.0263. The zero-order valence-corrected chi connectivity index (χ0v) is 13.4. The second kappa shape index (κ2) is 6.48. The van der Waals surface area contributed by atoms with Gasteiger partial charge in [-0.05, 0) is 17.5 Å². The Labute approximate surface area is 127 Å². The largest absolute Gasteiger partial charge is 0.368 e. The molecule has 1 atom stereocenters. The van der Waals surface area contributed by atoms with Crippen molar-refractivity contribution in [1.82, 2.24) is 4.90 Å². The van der Waals surface area contributed by atoms with Crippen LogP contribution in [-0.2, 0) is 4.79 Å². The van der Waals surface area contributed by atoms with Crippen molar-refractivity contribution in [2.75, 3.05) is 31.1 Å². The van der Waals surface area contributed by atoms with Crippen molar-refractivity contribution < 1.29 is 4.79 Å². The molecule has 1 saturated heterocycles. The quantitative estimate of drug-likeness (QED) is 0.927. The summed E-state index contributed by atoms with van der Waals surface area (Å²) in [7, 11) is 0. The number of benzene rings is 1. The first-order valence-corrected chi connectivity index (χ1v) is 7.71. The van der Waals surface area contributed by atoms with Gasteiger partial charge in [0, 0.05) is 44.3 Å². The van der Waals surface area contributed by atoms with Crippen molar-refractivity contribution in [3.8, 4) is 0 Å². The number of hydrogen-bond acceptors (Lipinski definition) is 3. The van der Waals surface area contributed by atoms with Crippen LogP contribution in [0.1, 0.15) is 27.2 Å². The van der Waals surface area contributed by atoms with E-state index < -0.39 is 0 Å². The van der Waals surface area contributed by atoms with Crippen molar-refractivity contribution in [1.29, 1.82) is 0 Å². The maximum Gasteiger partial charge on any atom is 0.224 e. The number of carbonyl (C=O) groups excluding carboxylic acids is 1. The van der Waals surface area contributed by atoms with E-state index in [0.29, 0.717) is 6.42 Å². The minimum atomic E-state index is -0.0860. The van der Waals surface area contributed by atoms with Crippen molar-refractivity contribution in [2.24, 2.45) is 11.1 Å². The Morgan fingerprint density at radius 3 is 2.24 bits per heavy atom. The number of nitrogens with two attached hydrogens (primary N) is 1. The fraction of sp³-hybridized carbons (Fsp3) is 0.588. The van der Waals surface area contributed by atoms with Gasteiger partial charge in [-0.2, -0.15) is 0 Å². The van der Waals surface area contributed by atoms with E-state index >= 15 is 0 Å². The average molecular weight is 289 g/mol. The van der Waals surface area contributed by atoms with Crippen LogP contribution in [-0.4, -0.2) is 43.0 Å². The Morgan fingerprint density at radius 2 is 1.71 bits per heavy atom. The molecule has 1 unspecified atom stereocenters. The highest BCUT2D eigenvalue weighted by Gasteiger charge is 2.27. The highest BCUT2D eigenvalue weighted by atomic mass is 16.2. The Hall–Kier alpha value is -1.55. The van der Waals surface area contributed by atoms with Crippen molar-refractivity contribution >= 4 is 11.6 Å². The fourth-order valence-electron chi connectivity index (χ4n) is 2.48. The number of nitrogens with zero attached hydrogens (tertiary/aromatic N) is 2. The van der Waals surface area contributed by atoms with Gasteiger partial charge in [-0.3, -0.25) is 4.79 Å². The number of carbonyl (C=O) groups is 1. The molecule has 2 rings (SSSR count). The highest BCUT2D eigenvalue weighted by Crippen LogP contribution is 2.21. The van der Waals surface area contributed by atoms with Crippen molar-refractivity contribution in [3.63, 3.8) is 0 Å². The van der Waals surface area contributed by atoms with Crippen molar-refractivity contribution in [2.45, 2.75) is 33.2 Å². The van der Waals surface area contributed by atoms with Gasteiger partial charge in [-0.25, -0.2) is 0 Å². The van der Waals surface area contributed by atoms with Crippen LogP contribution in [0.2, 0.25) is 0 Å². The molecule has 116 valence electrons. The van der Waals surface area contributed by atoms with Gasteiger partial charge in [0.2, 0.25) is 5.91 Å². The first-order valence-electron chi connectivity index (χ1n) is 7.71. The molecule has 4 heteroatoms. The summed E-state index contributed by atoms with van der Waals surface area (Å²) >= 11 is 0. The van der Waals surface area contributed by atoms with E-state index in [2.05, 4.69) is 49.9 Å². The van der Waals surface area contributed by atoms with E-state index in [4.69, 9.17) is 5.73 Å². The molecule has 1 aromatic carbocycles. The molecule has 0 aliphatic carbocycles. The van der Waals surface area contributed by atoms with Crippen LogP contribution >= 0.6 is 0 Å². The zero-order valence-electron chi connectivity index (χ0n) is 13.4. The molecule has 0 bridgehead atoms. The summed E-state index contributed by atoms with van der Waals surface area (Å²) in [6.45, 7) is 9.59. The smallest absolute Gasteiger partial charge is 0.224 e. The number of piperazine rings is 1. The van der Waals surface area contributed by atoms with Gasteiger partial charge in [0.25, 0.3) is 0 Å². The summed E-state index contributed by atoms with van der Waals surface area (Å²) in [4.78, 5) is 16.6. The maximum atomic E-state index is 12.3. The molecular weight excluding hydrogens is 262 g/mol. The molecule has 21 heavy (non-hydrogen) atoms. The Balaban J connectivity index is 1.85. The highest BCUT2D eigenvalue weighted by molar-refractivity contribution is 5.77. The summed E-state index contributed by atoms with van der Waals surface area (Å²) in [5.74, 6) is 0.185. The monoisotopic (exact) mass is 289 g/mol. The van der Waals surface area contributed by atoms with Gasteiger partial charge in [0.05, 0.1) is 0 Å². The topological polar surface area (TPSA) is 49.6 Å². The van der Waals surface area contributed by atoms with E-state index in [0.717, 1.165) is 26.2 Å². The number of hydrogen-bond donors (Lipinski definition) is 1. The minimum Gasteiger partial charge on any atom is -0.368 e. The van der Waals surface area contributed by atoms with Crippen molar-refractivity contribution in [3.05, 3.63) is 30.3 Å². The third-order valence-corrected chi connectivity index (χ3v) is 4.26. The lowest BCUT2D eigenvalue weighted by molar-refractivity contribution is -0.132. The first-order chi connectivity index (χ1) is 9.88. The fourth-order valence-corrected chi connectivity index (χ4v) is 2.48. The van der Waals surface area contributed by atoms with Crippen LogP contribution in [0.15, 0.2) is 30.3 Å². The summed E-state index contributed by atoms with van der Waals surface area (Å²) in [5.41, 5.74) is 7.32. The summed E-state index contributed by atoms with van der Waals surface area (Å²) < 4.78 is 0. The van der Waals surface area contributed by atoms with Gasteiger partial charge in [0.1, 0.15) is 0 Å². The molecule has 0 spiro atoms. The molecular formula is C17H27N3O. The molecule has 1 aliphatic rings. The normalized spacial score (nSPS) is 17.7. The third kappa shape index (κ3) is 4.21. The molecule has 1 aromatic rings. The predicted molar refractivity (Wildman–Crippen MR) is 87.3 cm³/mol. The molecule has 1 amide bonds. The molecule has 0 saturated carbocycles. The molecule has 0 radical (unpaired) electrons. The van der Waals surface area contributed by atoms with Gasteiger partial charge >= 0.3 is 0 Å². The zero-order chi connectivity index (χ0) is 15.5. The van der Waals surface area contributed by atoms with Crippen LogP contribution in [0, 0.1) is 5.41 Å². The maximum absolute atomic E-state index is 12.3. The Morgan fingerprint density at radius 1 is 1.14 bits per heavy atom. The van der Waals surface area contributed by atoms with Crippen LogP contribution in [0.3, 0.4) is 0 Å². The number of amides is 1. The summed E-state index contributed by atoms with van der Waals surface area (Å²) in [5, 5.41) is 0. The van der Waals surface area contributed by atoms with E-state index in [1.807, 2.05) is 11.0 Å². The molecule has 2 N–H and O–H groups in total. The molecule has 0 aromatic heterocycles. The Bertz CT molecular complexity index is 459. The number of anilines is 1. The van der Waals surface area contributed by atoms with Gasteiger partial charge < -0.3 is 15.5 Å². The lowest BCUT2D eigenvalue weighted by Gasteiger charge is -2.37. The van der Waals surface area contributed by atoms with Gasteiger partial charge in [-0.15, -0.1) is 0 Å². The summed E-state index contributed by atoms with van der Waals surface area (Å²) in [6.07, 6.45) is 0.439. The summed E-state index contributed by atoms with van der Waals surface area (Å²) in [6, 6.07) is 10.3. The van der Waals surface area contributed by atoms with Crippen LogP contribution < -0.4 is 10.6 Å². The average Bonchev–Trinajstić information content (AvgIpc) is 2.47. The van der Waals surface area contributed by atoms with Crippen LogP contribution in [0.5, 0.6) is 0 Å². The predicted octanol–water partition coefficient (Wildman–Crippen LogP) is 2.10. The van der Waals surface area contributed by atoms with Gasteiger partial charge in [-0.1, -0.05) is 39.0 Å². The Kier molecular flexibility index (Phi) is 4.88. The van der Waals surface area contributed by atoms with E-state index in [1.54, 1.807) is 0 Å². The lowest BCUT2D eigenvalue weighted by atomic mass is 9.85. The second-order valence-electron chi connectivity index (χ2n) is 6.88. The second-order valence-corrected chi connectivity index (χ2v) is 6.88. The SMILES string of the molecule is CC(C)(C)C(N)CC(=O)N1CCN(c2ccccc2)CC1. The lowest BCUT2D eigenvalue weighted by Crippen LogP contribution is -2.50.